The lowest BCUT2D eigenvalue weighted by atomic mass is 10.0. The molecule has 1 aromatic heterocycles. The largest absolute Gasteiger partial charge is 0.496 e. The maximum Gasteiger partial charge on any atom is 0.210 e. The molecular formula is C13H14N2O2S. The summed E-state index contributed by atoms with van der Waals surface area (Å²) in [4.78, 5) is 13.1. The van der Waals surface area contributed by atoms with Crippen LogP contribution in [0.15, 0.2) is 18.2 Å². The molecule has 0 amide bonds. The van der Waals surface area contributed by atoms with Crippen molar-refractivity contribution in [3.05, 3.63) is 39.9 Å². The molecule has 0 atom stereocenters. The first kappa shape index (κ1) is 12.7. The highest BCUT2D eigenvalue weighted by Crippen LogP contribution is 2.25. The number of hydrogen-bond donors (Lipinski definition) is 0. The molecule has 0 aliphatic carbocycles. The van der Waals surface area contributed by atoms with Gasteiger partial charge in [-0.2, -0.15) is 0 Å². The molecule has 2 aromatic rings. The molecule has 0 spiro atoms. The van der Waals surface area contributed by atoms with Gasteiger partial charge in [-0.25, -0.2) is 0 Å². The van der Waals surface area contributed by atoms with Crippen molar-refractivity contribution in [2.45, 2.75) is 20.3 Å². The van der Waals surface area contributed by atoms with Crippen molar-refractivity contribution in [2.24, 2.45) is 0 Å². The first-order chi connectivity index (χ1) is 8.67. The summed E-state index contributed by atoms with van der Waals surface area (Å²) in [5.74, 6) is 0.517. The molecule has 0 saturated heterocycles. The summed E-state index contributed by atoms with van der Waals surface area (Å²) in [5.41, 5.74) is 2.33. The summed E-state index contributed by atoms with van der Waals surface area (Å²) in [6, 6.07) is 5.56. The Labute approximate surface area is 110 Å². The van der Waals surface area contributed by atoms with Crippen molar-refractivity contribution in [2.75, 3.05) is 7.11 Å². The third kappa shape index (κ3) is 2.26. The topological polar surface area (TPSA) is 52.1 Å². The number of ether oxygens (including phenoxy) is 1. The molecule has 0 saturated carbocycles. The number of hydrogen-bond acceptors (Lipinski definition) is 5. The SMILES string of the molecule is CCc1nnsc1C(=O)c1cc(C)ccc1OC. The molecule has 94 valence electrons. The highest BCUT2D eigenvalue weighted by Gasteiger charge is 2.20. The van der Waals surface area contributed by atoms with Gasteiger partial charge in [-0.3, -0.25) is 4.79 Å². The van der Waals surface area contributed by atoms with Gasteiger partial charge in [0.1, 0.15) is 10.6 Å². The summed E-state index contributed by atoms with van der Waals surface area (Å²) >= 11 is 1.14. The summed E-state index contributed by atoms with van der Waals surface area (Å²) in [5, 5.41) is 3.97. The van der Waals surface area contributed by atoms with Gasteiger partial charge in [-0.1, -0.05) is 23.0 Å². The minimum absolute atomic E-state index is 0.0672. The Balaban J connectivity index is 2.48. The molecule has 5 heteroatoms. The van der Waals surface area contributed by atoms with Gasteiger partial charge >= 0.3 is 0 Å². The number of nitrogens with zero attached hydrogens (tertiary/aromatic N) is 2. The van der Waals surface area contributed by atoms with Gasteiger partial charge in [-0.05, 0) is 37.0 Å². The molecule has 0 unspecified atom stereocenters. The average molecular weight is 262 g/mol. The van der Waals surface area contributed by atoms with Crippen LogP contribution >= 0.6 is 11.5 Å². The van der Waals surface area contributed by atoms with E-state index in [0.717, 1.165) is 22.8 Å². The van der Waals surface area contributed by atoms with Gasteiger partial charge in [0.2, 0.25) is 5.78 Å². The molecule has 0 N–H and O–H groups in total. The third-order valence-electron chi connectivity index (χ3n) is 2.70. The van der Waals surface area contributed by atoms with E-state index in [4.69, 9.17) is 4.74 Å². The van der Waals surface area contributed by atoms with Crippen molar-refractivity contribution < 1.29 is 9.53 Å². The van der Waals surface area contributed by atoms with E-state index in [1.807, 2.05) is 32.0 Å². The second kappa shape index (κ2) is 5.27. The molecule has 2 rings (SSSR count). The van der Waals surface area contributed by atoms with Crippen molar-refractivity contribution in [3.63, 3.8) is 0 Å². The quantitative estimate of drug-likeness (QED) is 0.795. The number of carbonyl (C=O) groups is 1. The standard InChI is InChI=1S/C13H14N2O2S/c1-4-10-13(18-15-14-10)12(16)9-7-8(2)5-6-11(9)17-3/h5-7H,4H2,1-3H3. The molecule has 1 heterocycles. The normalized spacial score (nSPS) is 10.4. The Morgan fingerprint density at radius 1 is 1.44 bits per heavy atom. The van der Waals surface area contributed by atoms with Crippen molar-refractivity contribution in [1.82, 2.24) is 9.59 Å². The Hall–Kier alpha value is -1.75. The predicted molar refractivity (Wildman–Crippen MR) is 70.5 cm³/mol. The van der Waals surface area contributed by atoms with E-state index < -0.39 is 0 Å². The van der Waals surface area contributed by atoms with Gasteiger partial charge < -0.3 is 4.74 Å². The molecule has 0 bridgehead atoms. The van der Waals surface area contributed by atoms with Gasteiger partial charge in [-0.15, -0.1) is 5.10 Å². The highest BCUT2D eigenvalue weighted by molar-refractivity contribution is 7.08. The van der Waals surface area contributed by atoms with E-state index in [9.17, 15) is 4.79 Å². The molecule has 1 aromatic carbocycles. The van der Waals surface area contributed by atoms with Gasteiger partial charge in [0.15, 0.2) is 0 Å². The monoisotopic (exact) mass is 262 g/mol. The van der Waals surface area contributed by atoms with Gasteiger partial charge in [0, 0.05) is 0 Å². The van der Waals surface area contributed by atoms with Crippen LogP contribution in [0.2, 0.25) is 0 Å². The zero-order valence-corrected chi connectivity index (χ0v) is 11.4. The van der Waals surface area contributed by atoms with Gasteiger partial charge in [0.05, 0.1) is 18.4 Å². The molecule has 0 aliphatic heterocycles. The summed E-state index contributed by atoms with van der Waals surface area (Å²) < 4.78 is 9.08. The lowest BCUT2D eigenvalue weighted by molar-refractivity contribution is 0.103. The third-order valence-corrected chi connectivity index (χ3v) is 3.46. The van der Waals surface area contributed by atoms with Crippen LogP contribution in [-0.2, 0) is 6.42 Å². The molecule has 0 radical (unpaired) electrons. The van der Waals surface area contributed by atoms with Crippen molar-refractivity contribution in [1.29, 1.82) is 0 Å². The maximum atomic E-state index is 12.5. The number of methoxy groups -OCH3 is 1. The zero-order valence-electron chi connectivity index (χ0n) is 10.6. The van der Waals surface area contributed by atoms with Crippen LogP contribution in [0.4, 0.5) is 0 Å². The fourth-order valence-corrected chi connectivity index (χ4v) is 2.44. The zero-order chi connectivity index (χ0) is 13.1. The molecular weight excluding hydrogens is 248 g/mol. The number of aromatic nitrogens is 2. The second-order valence-corrected chi connectivity index (χ2v) is 4.69. The van der Waals surface area contributed by atoms with Crippen LogP contribution < -0.4 is 4.74 Å². The lowest BCUT2D eigenvalue weighted by Gasteiger charge is -2.07. The number of ketones is 1. The average Bonchev–Trinajstić information content (AvgIpc) is 2.86. The first-order valence-corrected chi connectivity index (χ1v) is 6.45. The molecule has 18 heavy (non-hydrogen) atoms. The summed E-state index contributed by atoms with van der Waals surface area (Å²) in [7, 11) is 1.56. The van der Waals surface area contributed by atoms with E-state index in [1.165, 1.54) is 0 Å². The minimum Gasteiger partial charge on any atom is -0.496 e. The summed E-state index contributed by atoms with van der Waals surface area (Å²) in [6.07, 6.45) is 0.700. The van der Waals surface area contributed by atoms with Crippen LogP contribution in [-0.4, -0.2) is 22.5 Å². The number of aryl methyl sites for hydroxylation is 2. The Kier molecular flexibility index (Phi) is 3.72. The smallest absolute Gasteiger partial charge is 0.210 e. The first-order valence-electron chi connectivity index (χ1n) is 5.68. The second-order valence-electron chi connectivity index (χ2n) is 3.94. The van der Waals surface area contributed by atoms with Crippen LogP contribution in [0.25, 0.3) is 0 Å². The van der Waals surface area contributed by atoms with Crippen LogP contribution in [0.3, 0.4) is 0 Å². The Morgan fingerprint density at radius 3 is 2.89 bits per heavy atom. The fourth-order valence-electron chi connectivity index (χ4n) is 1.73. The Bertz CT molecular complexity index is 578. The van der Waals surface area contributed by atoms with E-state index in [-0.39, 0.29) is 5.78 Å². The summed E-state index contributed by atoms with van der Waals surface area (Å²) in [6.45, 7) is 3.91. The van der Waals surface area contributed by atoms with E-state index in [2.05, 4.69) is 9.59 Å². The fraction of sp³-hybridized carbons (Fsp3) is 0.308. The van der Waals surface area contributed by atoms with E-state index in [1.54, 1.807) is 7.11 Å². The van der Waals surface area contributed by atoms with Crippen molar-refractivity contribution >= 4 is 17.3 Å². The maximum absolute atomic E-state index is 12.5. The number of carbonyl (C=O) groups excluding carboxylic acids is 1. The van der Waals surface area contributed by atoms with Crippen molar-refractivity contribution in [3.8, 4) is 5.75 Å². The number of benzene rings is 1. The van der Waals surface area contributed by atoms with Gasteiger partial charge in [0.25, 0.3) is 0 Å². The number of rotatable bonds is 4. The lowest BCUT2D eigenvalue weighted by Crippen LogP contribution is -2.05. The minimum atomic E-state index is -0.0672. The molecule has 0 aliphatic rings. The Morgan fingerprint density at radius 2 is 2.22 bits per heavy atom. The highest BCUT2D eigenvalue weighted by atomic mass is 32.1. The molecule has 4 nitrogen and oxygen atoms in total. The van der Waals surface area contributed by atoms with Crippen LogP contribution in [0.5, 0.6) is 5.75 Å². The van der Waals surface area contributed by atoms with Crippen LogP contribution in [0, 0.1) is 6.92 Å². The predicted octanol–water partition coefficient (Wildman–Crippen LogP) is 2.65. The van der Waals surface area contributed by atoms with Crippen LogP contribution in [0.1, 0.15) is 33.4 Å². The van der Waals surface area contributed by atoms with E-state index in [0.29, 0.717) is 22.6 Å². The van der Waals surface area contributed by atoms with E-state index >= 15 is 0 Å². The molecule has 0 fully saturated rings.